The Hall–Kier alpha value is 0.0700. The van der Waals surface area contributed by atoms with Crippen LogP contribution in [0.25, 0.3) is 0 Å². The van der Waals surface area contributed by atoms with Gasteiger partial charge in [-0.15, -0.1) is 0 Å². The monoisotopic (exact) mass is 210 g/mol. The zero-order valence-electron chi connectivity index (χ0n) is 4.35. The van der Waals surface area contributed by atoms with Crippen molar-refractivity contribution in [2.24, 2.45) is 9.98 Å². The summed E-state index contributed by atoms with van der Waals surface area (Å²) in [6, 6.07) is 0. The van der Waals surface area contributed by atoms with Gasteiger partial charge in [0.2, 0.25) is 0 Å². The molecule has 0 aliphatic heterocycles. The number of rotatable bonds is 1. The van der Waals surface area contributed by atoms with Crippen molar-refractivity contribution in [1.82, 2.24) is 0 Å². The van der Waals surface area contributed by atoms with Gasteiger partial charge in [-0.2, -0.15) is 0 Å². The molecular weight excluding hydrogens is 203 g/mol. The normalized spacial score (nSPS) is 13.3. The Kier molecular flexibility index (Phi) is 4.28. The minimum Gasteiger partial charge on any atom is -0.277 e. The average Bonchev–Trinajstić information content (AvgIpc) is 1.61. The fraction of sp³-hybridized carbons (Fsp3) is 0.500. The standard InChI is InChI=1S/C4H7IN2/c1-4(5)7-3-6-2/h3H,1-2H3/b6-3-,7-4+. The maximum Gasteiger partial charge on any atom is 0.110 e. The van der Waals surface area contributed by atoms with Crippen molar-refractivity contribution in [2.75, 3.05) is 7.05 Å². The molecule has 0 unspecified atom stereocenters. The summed E-state index contributed by atoms with van der Waals surface area (Å²) in [5, 5.41) is 0. The van der Waals surface area contributed by atoms with Crippen LogP contribution in [0.3, 0.4) is 0 Å². The third kappa shape index (κ3) is 6.07. The molecule has 0 bridgehead atoms. The van der Waals surface area contributed by atoms with E-state index in [2.05, 4.69) is 32.6 Å². The summed E-state index contributed by atoms with van der Waals surface area (Å²) in [6.07, 6.45) is 1.53. The van der Waals surface area contributed by atoms with Gasteiger partial charge in [-0.3, -0.25) is 4.99 Å². The van der Waals surface area contributed by atoms with Crippen molar-refractivity contribution in [1.29, 1.82) is 0 Å². The molecule has 0 atom stereocenters. The van der Waals surface area contributed by atoms with Gasteiger partial charge in [-0.1, -0.05) is 0 Å². The first-order chi connectivity index (χ1) is 3.27. The predicted molar refractivity (Wildman–Crippen MR) is 41.5 cm³/mol. The first-order valence-electron chi connectivity index (χ1n) is 1.88. The largest absolute Gasteiger partial charge is 0.277 e. The number of hydrogen-bond acceptors (Lipinski definition) is 1. The number of nitrogens with zero attached hydrogens (tertiary/aromatic N) is 2. The van der Waals surface area contributed by atoms with Crippen LogP contribution in [0.2, 0.25) is 0 Å². The van der Waals surface area contributed by atoms with E-state index in [1.54, 1.807) is 7.05 Å². The Bertz CT molecular complexity index is 91.9. The summed E-state index contributed by atoms with van der Waals surface area (Å²) >= 11 is 2.12. The second kappa shape index (κ2) is 4.23. The lowest BCUT2D eigenvalue weighted by Crippen LogP contribution is -1.72. The fourth-order valence-electron chi connectivity index (χ4n) is 0.137. The molecule has 3 heteroatoms. The van der Waals surface area contributed by atoms with Crippen LogP contribution in [-0.4, -0.2) is 17.1 Å². The molecule has 40 valence electrons. The van der Waals surface area contributed by atoms with Gasteiger partial charge in [0.15, 0.2) is 0 Å². The topological polar surface area (TPSA) is 24.7 Å². The highest BCUT2D eigenvalue weighted by Crippen LogP contribution is 1.84. The van der Waals surface area contributed by atoms with Crippen molar-refractivity contribution in [3.8, 4) is 0 Å². The molecule has 0 spiro atoms. The summed E-state index contributed by atoms with van der Waals surface area (Å²) in [7, 11) is 1.70. The lowest BCUT2D eigenvalue weighted by molar-refractivity contribution is 1.45. The second-order valence-electron chi connectivity index (χ2n) is 1.000. The highest BCUT2D eigenvalue weighted by Gasteiger charge is 1.70. The van der Waals surface area contributed by atoms with E-state index >= 15 is 0 Å². The summed E-state index contributed by atoms with van der Waals surface area (Å²) < 4.78 is 1.00. The van der Waals surface area contributed by atoms with Crippen LogP contribution in [0.5, 0.6) is 0 Å². The van der Waals surface area contributed by atoms with Gasteiger partial charge in [0.1, 0.15) is 6.34 Å². The molecule has 0 N–H and O–H groups in total. The summed E-state index contributed by atoms with van der Waals surface area (Å²) in [4.78, 5) is 7.51. The van der Waals surface area contributed by atoms with Crippen molar-refractivity contribution in [2.45, 2.75) is 6.92 Å². The molecule has 0 aromatic carbocycles. The molecule has 0 rings (SSSR count). The van der Waals surface area contributed by atoms with Crippen molar-refractivity contribution < 1.29 is 0 Å². The van der Waals surface area contributed by atoms with Crippen molar-refractivity contribution in [3.05, 3.63) is 0 Å². The Balaban J connectivity index is 3.46. The van der Waals surface area contributed by atoms with Gasteiger partial charge in [0.25, 0.3) is 0 Å². The molecule has 0 fully saturated rings. The van der Waals surface area contributed by atoms with Gasteiger partial charge in [-0.25, -0.2) is 4.99 Å². The van der Waals surface area contributed by atoms with E-state index in [0.29, 0.717) is 0 Å². The highest BCUT2D eigenvalue weighted by atomic mass is 127. The van der Waals surface area contributed by atoms with Crippen LogP contribution in [0.15, 0.2) is 9.98 Å². The predicted octanol–water partition coefficient (Wildman–Crippen LogP) is 1.50. The minimum absolute atomic E-state index is 1.00. The number of aliphatic imine (C=N–C) groups is 2. The molecule has 0 saturated carbocycles. The minimum atomic E-state index is 1.00. The molecule has 0 radical (unpaired) electrons. The fourth-order valence-corrected chi connectivity index (χ4v) is 0.262. The molecular formula is C4H7IN2. The molecule has 0 saturated heterocycles. The maximum absolute atomic E-state index is 3.85. The first kappa shape index (κ1) is 7.07. The van der Waals surface area contributed by atoms with E-state index in [9.17, 15) is 0 Å². The quantitative estimate of drug-likeness (QED) is 0.356. The zero-order chi connectivity index (χ0) is 5.70. The third-order valence-corrected chi connectivity index (χ3v) is 0.630. The molecule has 0 aromatic heterocycles. The van der Waals surface area contributed by atoms with E-state index in [-0.39, 0.29) is 0 Å². The number of halogens is 1. The molecule has 0 aromatic rings. The van der Waals surface area contributed by atoms with E-state index < -0.39 is 0 Å². The van der Waals surface area contributed by atoms with Crippen molar-refractivity contribution in [3.63, 3.8) is 0 Å². The van der Waals surface area contributed by atoms with Gasteiger partial charge >= 0.3 is 0 Å². The first-order valence-corrected chi connectivity index (χ1v) is 2.95. The van der Waals surface area contributed by atoms with Gasteiger partial charge in [0.05, 0.1) is 3.72 Å². The van der Waals surface area contributed by atoms with Crippen LogP contribution in [0.4, 0.5) is 0 Å². The molecule has 7 heavy (non-hydrogen) atoms. The zero-order valence-corrected chi connectivity index (χ0v) is 6.51. The molecule has 2 nitrogen and oxygen atoms in total. The highest BCUT2D eigenvalue weighted by molar-refractivity contribution is 14.1. The van der Waals surface area contributed by atoms with Crippen LogP contribution >= 0.6 is 22.6 Å². The van der Waals surface area contributed by atoms with Crippen LogP contribution in [0, 0.1) is 0 Å². The SMILES string of the molecule is C/N=C\N=C(/C)I. The van der Waals surface area contributed by atoms with E-state index in [1.807, 2.05) is 6.92 Å². The molecule has 0 aliphatic rings. The Labute approximate surface area is 56.9 Å². The summed E-state index contributed by atoms with van der Waals surface area (Å²) in [6.45, 7) is 1.92. The maximum atomic E-state index is 3.85. The summed E-state index contributed by atoms with van der Waals surface area (Å²) in [5.74, 6) is 0. The van der Waals surface area contributed by atoms with Crippen molar-refractivity contribution >= 4 is 32.6 Å². The smallest absolute Gasteiger partial charge is 0.110 e. The van der Waals surface area contributed by atoms with E-state index in [1.165, 1.54) is 6.34 Å². The Morgan fingerprint density at radius 2 is 2.29 bits per heavy atom. The second-order valence-corrected chi connectivity index (χ2v) is 2.56. The summed E-state index contributed by atoms with van der Waals surface area (Å²) in [5.41, 5.74) is 0. The average molecular weight is 210 g/mol. The lowest BCUT2D eigenvalue weighted by atomic mass is 10.9. The number of hydrogen-bond donors (Lipinski definition) is 0. The van der Waals surface area contributed by atoms with E-state index in [0.717, 1.165) is 3.72 Å². The van der Waals surface area contributed by atoms with Gasteiger partial charge in [0, 0.05) is 7.05 Å². The van der Waals surface area contributed by atoms with Crippen LogP contribution in [-0.2, 0) is 0 Å². The Morgan fingerprint density at radius 1 is 1.71 bits per heavy atom. The lowest BCUT2D eigenvalue weighted by Gasteiger charge is -1.75. The van der Waals surface area contributed by atoms with Gasteiger partial charge < -0.3 is 0 Å². The molecule has 0 aliphatic carbocycles. The molecule has 0 amide bonds. The Morgan fingerprint density at radius 3 is 2.43 bits per heavy atom. The molecule has 0 heterocycles. The third-order valence-electron chi connectivity index (χ3n) is 0.351. The van der Waals surface area contributed by atoms with E-state index in [4.69, 9.17) is 0 Å². The van der Waals surface area contributed by atoms with Gasteiger partial charge in [-0.05, 0) is 29.5 Å². The van der Waals surface area contributed by atoms with Crippen LogP contribution in [0.1, 0.15) is 6.92 Å². The van der Waals surface area contributed by atoms with Crippen LogP contribution < -0.4 is 0 Å².